The molecule has 4 nitrogen and oxygen atoms in total. The first-order valence-corrected chi connectivity index (χ1v) is 9.79. The lowest BCUT2D eigenvalue weighted by Gasteiger charge is -2.21. The molecule has 2 aromatic carbocycles. The molecular weight excluding hydrogens is 336 g/mol. The van der Waals surface area contributed by atoms with Gasteiger partial charge in [-0.3, -0.25) is 4.79 Å². The van der Waals surface area contributed by atoms with Crippen molar-refractivity contribution in [3.63, 3.8) is 0 Å². The summed E-state index contributed by atoms with van der Waals surface area (Å²) >= 11 is 0. The van der Waals surface area contributed by atoms with Gasteiger partial charge in [-0.05, 0) is 50.9 Å². The van der Waals surface area contributed by atoms with Crippen LogP contribution in [0.1, 0.15) is 67.1 Å². The van der Waals surface area contributed by atoms with Crippen LogP contribution in [0.15, 0.2) is 54.6 Å². The minimum absolute atomic E-state index is 0.0759. The first kappa shape index (κ1) is 21.3. The number of nitrogens with one attached hydrogen (secondary N) is 1. The van der Waals surface area contributed by atoms with Gasteiger partial charge in [-0.25, -0.2) is 0 Å². The highest BCUT2D eigenvalue weighted by Crippen LogP contribution is 2.23. The number of ketones is 1. The molecule has 2 rings (SSSR count). The van der Waals surface area contributed by atoms with E-state index in [2.05, 4.69) is 17.4 Å². The van der Waals surface area contributed by atoms with Crippen LogP contribution in [0.4, 0.5) is 0 Å². The van der Waals surface area contributed by atoms with Crippen LogP contribution in [0.3, 0.4) is 0 Å². The number of carbonyl (C=O) groups is 1. The Balaban J connectivity index is 2.10. The average Bonchev–Trinajstić information content (AvgIpc) is 2.67. The Bertz CT molecular complexity index is 691. The molecule has 146 valence electrons. The predicted molar refractivity (Wildman–Crippen MR) is 111 cm³/mol. The van der Waals surface area contributed by atoms with E-state index in [4.69, 9.17) is 5.73 Å². The maximum absolute atomic E-state index is 12.2. The summed E-state index contributed by atoms with van der Waals surface area (Å²) in [6.45, 7) is 4.72. The summed E-state index contributed by atoms with van der Waals surface area (Å²) in [6, 6.07) is 17.9. The van der Waals surface area contributed by atoms with Gasteiger partial charge in [-0.1, -0.05) is 67.4 Å². The molecule has 2 aromatic rings. The van der Waals surface area contributed by atoms with E-state index in [1.54, 1.807) is 12.1 Å². The molecular formula is C23H32N2O2. The Kier molecular flexibility index (Phi) is 8.17. The number of benzene rings is 2. The summed E-state index contributed by atoms with van der Waals surface area (Å²) < 4.78 is 0. The largest absolute Gasteiger partial charge is 0.382 e. The number of unbranched alkanes of at least 4 members (excludes halogenated alkanes) is 3. The van der Waals surface area contributed by atoms with Crippen molar-refractivity contribution in [3.05, 3.63) is 71.3 Å². The molecule has 0 aromatic heterocycles. The highest BCUT2D eigenvalue weighted by atomic mass is 16.3. The van der Waals surface area contributed by atoms with Crippen LogP contribution in [-0.2, 0) is 0 Å². The molecule has 0 saturated carbocycles. The molecule has 0 aliphatic carbocycles. The molecule has 1 unspecified atom stereocenters. The lowest BCUT2D eigenvalue weighted by molar-refractivity contribution is 0.0488. The van der Waals surface area contributed by atoms with Gasteiger partial charge in [-0.2, -0.15) is 0 Å². The van der Waals surface area contributed by atoms with Gasteiger partial charge < -0.3 is 16.2 Å². The molecule has 4 N–H and O–H groups in total. The third-order valence-corrected chi connectivity index (χ3v) is 4.67. The zero-order valence-corrected chi connectivity index (χ0v) is 16.4. The summed E-state index contributed by atoms with van der Waals surface area (Å²) in [5.74, 6) is -0.266. The van der Waals surface area contributed by atoms with Gasteiger partial charge in [0.25, 0.3) is 0 Å². The lowest BCUT2D eigenvalue weighted by atomic mass is 9.93. The van der Waals surface area contributed by atoms with Gasteiger partial charge in [-0.15, -0.1) is 0 Å². The third kappa shape index (κ3) is 6.58. The average molecular weight is 369 g/mol. The fourth-order valence-corrected chi connectivity index (χ4v) is 3.12. The molecule has 0 amide bonds. The van der Waals surface area contributed by atoms with Gasteiger partial charge in [0.05, 0.1) is 6.04 Å². The van der Waals surface area contributed by atoms with Crippen molar-refractivity contribution >= 4 is 5.78 Å². The number of rotatable bonds is 11. The number of aliphatic hydroxyl groups is 1. The zero-order valence-electron chi connectivity index (χ0n) is 16.4. The van der Waals surface area contributed by atoms with E-state index in [1.165, 1.54) is 32.3 Å². The standard InChI is InChI=1S/C23H32N2O2/c1-23(2,27)22(26)20-14-12-19(13-15-20)21(18-10-6-5-7-11-18)25-17-9-4-3-8-16-24/h5-7,10-15,21,25,27H,3-4,8-9,16-17,24H2,1-2H3. The van der Waals surface area contributed by atoms with Gasteiger partial charge in [0.1, 0.15) is 5.60 Å². The van der Waals surface area contributed by atoms with Crippen molar-refractivity contribution in [3.8, 4) is 0 Å². The predicted octanol–water partition coefficient (Wildman–Crippen LogP) is 3.84. The van der Waals surface area contributed by atoms with Crippen LogP contribution in [0, 0.1) is 0 Å². The Morgan fingerprint density at radius 3 is 2.15 bits per heavy atom. The molecule has 0 aliphatic rings. The van der Waals surface area contributed by atoms with Crippen LogP contribution in [0.5, 0.6) is 0 Å². The number of Topliss-reactive ketones (excluding diaryl/α,β-unsaturated/α-hetero) is 1. The molecule has 0 radical (unpaired) electrons. The smallest absolute Gasteiger partial charge is 0.193 e. The number of carbonyl (C=O) groups excluding carboxylic acids is 1. The highest BCUT2D eigenvalue weighted by Gasteiger charge is 2.25. The summed E-state index contributed by atoms with van der Waals surface area (Å²) in [6.07, 6.45) is 4.53. The molecule has 0 heterocycles. The van der Waals surface area contributed by atoms with Gasteiger partial charge in [0.2, 0.25) is 0 Å². The summed E-state index contributed by atoms with van der Waals surface area (Å²) in [5, 5.41) is 13.6. The summed E-state index contributed by atoms with van der Waals surface area (Å²) in [7, 11) is 0. The van der Waals surface area contributed by atoms with E-state index in [1.807, 2.05) is 30.3 Å². The van der Waals surface area contributed by atoms with E-state index in [0.29, 0.717) is 5.56 Å². The van der Waals surface area contributed by atoms with Crippen molar-refractivity contribution in [1.29, 1.82) is 0 Å². The number of nitrogens with two attached hydrogens (primary N) is 1. The monoisotopic (exact) mass is 368 g/mol. The zero-order chi connectivity index (χ0) is 19.7. The van der Waals surface area contributed by atoms with Crippen molar-refractivity contribution in [2.24, 2.45) is 5.73 Å². The maximum Gasteiger partial charge on any atom is 0.193 e. The molecule has 0 saturated heterocycles. The molecule has 0 spiro atoms. The van der Waals surface area contributed by atoms with Crippen LogP contribution in [-0.4, -0.2) is 29.6 Å². The highest BCUT2D eigenvalue weighted by molar-refractivity contribution is 6.01. The number of hydrogen-bond donors (Lipinski definition) is 3. The second kappa shape index (κ2) is 10.4. The topological polar surface area (TPSA) is 75.3 Å². The molecule has 27 heavy (non-hydrogen) atoms. The fourth-order valence-electron chi connectivity index (χ4n) is 3.12. The van der Waals surface area contributed by atoms with Crippen molar-refractivity contribution in [2.45, 2.75) is 51.2 Å². The van der Waals surface area contributed by atoms with Gasteiger partial charge in [0.15, 0.2) is 5.78 Å². The Morgan fingerprint density at radius 2 is 1.56 bits per heavy atom. The Hall–Kier alpha value is -2.01. The van der Waals surface area contributed by atoms with Crippen LogP contribution < -0.4 is 11.1 Å². The number of hydrogen-bond acceptors (Lipinski definition) is 4. The Labute approximate surface area is 162 Å². The minimum atomic E-state index is -1.36. The van der Waals surface area contributed by atoms with Crippen LogP contribution in [0.25, 0.3) is 0 Å². The van der Waals surface area contributed by atoms with E-state index >= 15 is 0 Å². The van der Waals surface area contributed by atoms with E-state index in [9.17, 15) is 9.90 Å². The normalized spacial score (nSPS) is 12.7. The first-order valence-electron chi connectivity index (χ1n) is 9.79. The maximum atomic E-state index is 12.2. The second-order valence-corrected chi connectivity index (χ2v) is 7.51. The minimum Gasteiger partial charge on any atom is -0.382 e. The van der Waals surface area contributed by atoms with Crippen molar-refractivity contribution in [1.82, 2.24) is 5.32 Å². The van der Waals surface area contributed by atoms with Crippen LogP contribution >= 0.6 is 0 Å². The first-order chi connectivity index (χ1) is 12.9. The third-order valence-electron chi connectivity index (χ3n) is 4.67. The molecule has 1 atom stereocenters. The summed E-state index contributed by atoms with van der Waals surface area (Å²) in [5.41, 5.74) is 7.02. The van der Waals surface area contributed by atoms with Crippen LogP contribution in [0.2, 0.25) is 0 Å². The SMILES string of the molecule is CC(C)(O)C(=O)c1ccc(C(NCCCCCCN)c2ccccc2)cc1. The van der Waals surface area contributed by atoms with Crippen molar-refractivity contribution in [2.75, 3.05) is 13.1 Å². The molecule has 0 fully saturated rings. The molecule has 0 bridgehead atoms. The summed E-state index contributed by atoms with van der Waals surface area (Å²) in [4.78, 5) is 12.2. The Morgan fingerprint density at radius 1 is 0.963 bits per heavy atom. The second-order valence-electron chi connectivity index (χ2n) is 7.51. The van der Waals surface area contributed by atoms with E-state index < -0.39 is 5.60 Å². The van der Waals surface area contributed by atoms with Crippen molar-refractivity contribution < 1.29 is 9.90 Å². The quantitative estimate of drug-likeness (QED) is 0.416. The van der Waals surface area contributed by atoms with Gasteiger partial charge in [0, 0.05) is 5.56 Å². The van der Waals surface area contributed by atoms with E-state index in [-0.39, 0.29) is 11.8 Å². The fraction of sp³-hybridized carbons (Fsp3) is 0.435. The van der Waals surface area contributed by atoms with E-state index in [0.717, 1.165) is 31.5 Å². The lowest BCUT2D eigenvalue weighted by Crippen LogP contribution is -2.31. The molecule has 0 aliphatic heterocycles. The molecule has 4 heteroatoms. The van der Waals surface area contributed by atoms with Gasteiger partial charge >= 0.3 is 0 Å².